The third-order valence-electron chi connectivity index (χ3n) is 4.41. The first-order valence-electron chi connectivity index (χ1n) is 8.43. The van der Waals surface area contributed by atoms with Crippen molar-refractivity contribution in [1.82, 2.24) is 14.8 Å². The van der Waals surface area contributed by atoms with Gasteiger partial charge in [0, 0.05) is 23.7 Å². The largest absolute Gasteiger partial charge is 0.309 e. The van der Waals surface area contributed by atoms with E-state index in [4.69, 9.17) is 0 Å². The van der Waals surface area contributed by atoms with E-state index < -0.39 is 0 Å². The van der Waals surface area contributed by atoms with Gasteiger partial charge in [-0.1, -0.05) is 82.3 Å². The summed E-state index contributed by atoms with van der Waals surface area (Å²) in [6.07, 6.45) is 0.780. The van der Waals surface area contributed by atoms with E-state index in [1.165, 1.54) is 21.9 Å². The Labute approximate surface area is 165 Å². The fourth-order valence-electron chi connectivity index (χ4n) is 3.02. The minimum Gasteiger partial charge on any atom is -0.309 e. The van der Waals surface area contributed by atoms with Crippen LogP contribution < -0.4 is 0 Å². The van der Waals surface area contributed by atoms with Crippen molar-refractivity contribution >= 4 is 38.5 Å². The SMILES string of the molecule is Cn1c(Cc2cccc3ccccc23)nnc1SCc1cccc(Br)c1. The highest BCUT2D eigenvalue weighted by molar-refractivity contribution is 9.10. The Morgan fingerprint density at radius 1 is 0.962 bits per heavy atom. The molecular weight excluding hydrogens is 406 g/mol. The van der Waals surface area contributed by atoms with Gasteiger partial charge in [0.2, 0.25) is 0 Å². The smallest absolute Gasteiger partial charge is 0.191 e. The summed E-state index contributed by atoms with van der Waals surface area (Å²) in [7, 11) is 2.05. The van der Waals surface area contributed by atoms with E-state index in [-0.39, 0.29) is 0 Å². The Hall–Kier alpha value is -2.11. The lowest BCUT2D eigenvalue weighted by atomic mass is 10.0. The summed E-state index contributed by atoms with van der Waals surface area (Å²) in [4.78, 5) is 0. The van der Waals surface area contributed by atoms with Crippen molar-refractivity contribution in [2.75, 3.05) is 0 Å². The number of thioether (sulfide) groups is 1. The Morgan fingerprint density at radius 2 is 1.77 bits per heavy atom. The molecule has 0 aliphatic heterocycles. The van der Waals surface area contributed by atoms with Gasteiger partial charge in [0.15, 0.2) is 5.16 Å². The van der Waals surface area contributed by atoms with Gasteiger partial charge < -0.3 is 4.57 Å². The third kappa shape index (κ3) is 3.69. The lowest BCUT2D eigenvalue weighted by molar-refractivity contribution is 0.750. The molecule has 1 aromatic heterocycles. The molecule has 0 N–H and O–H groups in total. The van der Waals surface area contributed by atoms with Gasteiger partial charge in [-0.2, -0.15) is 0 Å². The highest BCUT2D eigenvalue weighted by atomic mass is 79.9. The van der Waals surface area contributed by atoms with Crippen molar-refractivity contribution < 1.29 is 0 Å². The molecule has 0 radical (unpaired) electrons. The summed E-state index contributed by atoms with van der Waals surface area (Å²) < 4.78 is 3.20. The van der Waals surface area contributed by atoms with Crippen LogP contribution in [0.4, 0.5) is 0 Å². The molecule has 0 aliphatic carbocycles. The van der Waals surface area contributed by atoms with Gasteiger partial charge in [0.25, 0.3) is 0 Å². The van der Waals surface area contributed by atoms with Crippen LogP contribution in [-0.4, -0.2) is 14.8 Å². The van der Waals surface area contributed by atoms with Crippen LogP contribution in [0.3, 0.4) is 0 Å². The minimum absolute atomic E-state index is 0.780. The molecule has 0 saturated heterocycles. The van der Waals surface area contributed by atoms with E-state index in [0.717, 1.165) is 27.6 Å². The molecular formula is C21H18BrN3S. The molecule has 0 fully saturated rings. The Bertz CT molecular complexity index is 1050. The maximum atomic E-state index is 4.43. The van der Waals surface area contributed by atoms with Crippen molar-refractivity contribution in [3.8, 4) is 0 Å². The first-order chi connectivity index (χ1) is 12.7. The number of benzene rings is 3. The molecule has 4 rings (SSSR count). The Balaban J connectivity index is 1.53. The summed E-state index contributed by atoms with van der Waals surface area (Å²) in [5.41, 5.74) is 2.55. The zero-order valence-corrected chi connectivity index (χ0v) is 16.8. The average Bonchev–Trinajstić information content (AvgIpc) is 3.00. The highest BCUT2D eigenvalue weighted by Gasteiger charge is 2.11. The van der Waals surface area contributed by atoms with Crippen LogP contribution in [0.25, 0.3) is 10.8 Å². The van der Waals surface area contributed by atoms with E-state index in [1.54, 1.807) is 11.8 Å². The van der Waals surface area contributed by atoms with Crippen LogP contribution in [0.1, 0.15) is 17.0 Å². The van der Waals surface area contributed by atoms with E-state index in [1.807, 2.05) is 13.1 Å². The number of hydrogen-bond donors (Lipinski definition) is 0. The van der Waals surface area contributed by atoms with Gasteiger partial charge in [-0.25, -0.2) is 0 Å². The zero-order valence-electron chi connectivity index (χ0n) is 14.4. The Kier molecular flexibility index (Phi) is 5.09. The summed E-state index contributed by atoms with van der Waals surface area (Å²) in [6.45, 7) is 0. The predicted octanol–water partition coefficient (Wildman–Crippen LogP) is 5.61. The molecule has 0 unspecified atom stereocenters. The lowest BCUT2D eigenvalue weighted by Gasteiger charge is -2.07. The molecule has 0 saturated carbocycles. The van der Waals surface area contributed by atoms with Gasteiger partial charge in [-0.05, 0) is 34.0 Å². The van der Waals surface area contributed by atoms with Gasteiger partial charge in [-0.15, -0.1) is 10.2 Å². The highest BCUT2D eigenvalue weighted by Crippen LogP contribution is 2.25. The van der Waals surface area contributed by atoms with E-state index in [9.17, 15) is 0 Å². The number of halogens is 1. The minimum atomic E-state index is 0.780. The van der Waals surface area contributed by atoms with Crippen LogP contribution in [0.15, 0.2) is 76.4 Å². The molecule has 0 bridgehead atoms. The van der Waals surface area contributed by atoms with Gasteiger partial charge in [-0.3, -0.25) is 0 Å². The van der Waals surface area contributed by atoms with Gasteiger partial charge in [0.1, 0.15) is 5.82 Å². The molecule has 26 heavy (non-hydrogen) atoms. The number of aromatic nitrogens is 3. The fraction of sp³-hybridized carbons (Fsp3) is 0.143. The molecule has 130 valence electrons. The maximum absolute atomic E-state index is 4.43. The topological polar surface area (TPSA) is 30.7 Å². The Morgan fingerprint density at radius 3 is 2.65 bits per heavy atom. The van der Waals surface area contributed by atoms with E-state index in [0.29, 0.717) is 0 Å². The standard InChI is InChI=1S/C21H18BrN3S/c1-25-20(13-17-9-5-8-16-7-2-3-11-19(16)17)23-24-21(25)26-14-15-6-4-10-18(22)12-15/h2-12H,13-14H2,1H3. The van der Waals surface area contributed by atoms with E-state index in [2.05, 4.69) is 91.4 Å². The number of nitrogens with zero attached hydrogens (tertiary/aromatic N) is 3. The van der Waals surface area contributed by atoms with Crippen molar-refractivity contribution in [2.24, 2.45) is 7.05 Å². The average molecular weight is 424 g/mol. The zero-order chi connectivity index (χ0) is 17.9. The van der Waals surface area contributed by atoms with Crippen LogP contribution >= 0.6 is 27.7 Å². The molecule has 1 heterocycles. The number of hydrogen-bond acceptors (Lipinski definition) is 3. The molecule has 0 aliphatic rings. The van der Waals surface area contributed by atoms with Gasteiger partial charge in [0.05, 0.1) is 0 Å². The van der Waals surface area contributed by atoms with Crippen LogP contribution in [0, 0.1) is 0 Å². The fourth-order valence-corrected chi connectivity index (χ4v) is 4.34. The summed E-state index contributed by atoms with van der Waals surface area (Å²) in [5, 5.41) is 12.3. The second-order valence-electron chi connectivity index (χ2n) is 6.19. The quantitative estimate of drug-likeness (QED) is 0.390. The van der Waals surface area contributed by atoms with Gasteiger partial charge >= 0.3 is 0 Å². The normalized spacial score (nSPS) is 11.2. The number of rotatable bonds is 5. The number of fused-ring (bicyclic) bond motifs is 1. The second-order valence-corrected chi connectivity index (χ2v) is 8.05. The summed E-state index contributed by atoms with van der Waals surface area (Å²) in [6, 6.07) is 23.3. The monoisotopic (exact) mass is 423 g/mol. The van der Waals surface area contributed by atoms with E-state index >= 15 is 0 Å². The molecule has 3 aromatic carbocycles. The van der Waals surface area contributed by atoms with Crippen LogP contribution in [-0.2, 0) is 19.2 Å². The molecule has 0 amide bonds. The first kappa shape index (κ1) is 17.3. The first-order valence-corrected chi connectivity index (χ1v) is 10.2. The van der Waals surface area contributed by atoms with Crippen LogP contribution in [0.5, 0.6) is 0 Å². The molecule has 0 atom stereocenters. The summed E-state index contributed by atoms with van der Waals surface area (Å²) >= 11 is 5.23. The molecule has 4 aromatic rings. The van der Waals surface area contributed by atoms with Crippen molar-refractivity contribution in [3.05, 3.63) is 88.2 Å². The lowest BCUT2D eigenvalue weighted by Crippen LogP contribution is -2.01. The summed E-state index contributed by atoms with van der Waals surface area (Å²) in [5.74, 6) is 1.86. The maximum Gasteiger partial charge on any atom is 0.191 e. The van der Waals surface area contributed by atoms with Crippen molar-refractivity contribution in [1.29, 1.82) is 0 Å². The predicted molar refractivity (Wildman–Crippen MR) is 111 cm³/mol. The molecule has 0 spiro atoms. The van der Waals surface area contributed by atoms with Crippen molar-refractivity contribution in [3.63, 3.8) is 0 Å². The van der Waals surface area contributed by atoms with Crippen LogP contribution in [0.2, 0.25) is 0 Å². The third-order valence-corrected chi connectivity index (χ3v) is 6.00. The molecule has 3 nitrogen and oxygen atoms in total. The molecule has 5 heteroatoms. The van der Waals surface area contributed by atoms with Crippen molar-refractivity contribution in [2.45, 2.75) is 17.3 Å². The second kappa shape index (κ2) is 7.64.